The normalized spacial score (nSPS) is 17.9. The van der Waals surface area contributed by atoms with Crippen LogP contribution in [-0.4, -0.2) is 70.4 Å². The Balaban J connectivity index is 1.89. The van der Waals surface area contributed by atoms with Crippen molar-refractivity contribution in [2.24, 2.45) is 0 Å². The van der Waals surface area contributed by atoms with E-state index in [-0.39, 0.29) is 36.1 Å². The number of benzene rings is 1. The van der Waals surface area contributed by atoms with Crippen molar-refractivity contribution in [1.82, 2.24) is 19.4 Å². The van der Waals surface area contributed by atoms with E-state index in [1.54, 1.807) is 58.0 Å². The Kier molecular flexibility index (Phi) is 8.69. The average molecular weight is 515 g/mol. The van der Waals surface area contributed by atoms with Crippen molar-refractivity contribution < 1.29 is 23.9 Å². The van der Waals surface area contributed by atoms with Crippen LogP contribution in [0.5, 0.6) is 0 Å². The molecule has 37 heavy (non-hydrogen) atoms. The number of ether oxygens (including phenoxy) is 2. The van der Waals surface area contributed by atoms with Crippen LogP contribution in [0.2, 0.25) is 0 Å². The van der Waals surface area contributed by atoms with Crippen LogP contribution >= 0.6 is 0 Å². The zero-order valence-corrected chi connectivity index (χ0v) is 21.9. The fourth-order valence-corrected chi connectivity index (χ4v) is 4.35. The standard InChI is InChI=1S/C26H34N4O7/c1-17-15-29(25(35)30(22(17)32)23(33)18-9-7-6-8-10-18)20-13-19(14-27-24(34)37-26(2,3)4)28(16-20)12-11-21(31)36-5/h6-10,15,19-20H,11-14,16H2,1-5H3,(H,27,34)/t19-,20-/m1/s1. The van der Waals surface area contributed by atoms with Gasteiger partial charge in [-0.3, -0.25) is 23.9 Å². The highest BCUT2D eigenvalue weighted by Gasteiger charge is 2.35. The number of esters is 1. The summed E-state index contributed by atoms with van der Waals surface area (Å²) in [4.78, 5) is 65.3. The van der Waals surface area contributed by atoms with Crippen molar-refractivity contribution in [2.75, 3.05) is 26.7 Å². The Morgan fingerprint density at radius 3 is 2.41 bits per heavy atom. The van der Waals surface area contributed by atoms with Gasteiger partial charge in [0, 0.05) is 43.0 Å². The lowest BCUT2D eigenvalue weighted by molar-refractivity contribution is -0.141. The molecule has 1 aromatic heterocycles. The Morgan fingerprint density at radius 1 is 1.11 bits per heavy atom. The zero-order chi connectivity index (χ0) is 27.3. The molecular weight excluding hydrogens is 480 g/mol. The lowest BCUT2D eigenvalue weighted by Crippen LogP contribution is -2.45. The van der Waals surface area contributed by atoms with Crippen molar-refractivity contribution in [3.63, 3.8) is 0 Å². The van der Waals surface area contributed by atoms with Crippen LogP contribution in [-0.2, 0) is 14.3 Å². The molecule has 1 aliphatic heterocycles. The Hall–Kier alpha value is -3.73. The molecule has 1 amide bonds. The van der Waals surface area contributed by atoms with Crippen LogP contribution in [0.3, 0.4) is 0 Å². The molecule has 0 aliphatic carbocycles. The minimum atomic E-state index is -0.733. The first-order chi connectivity index (χ1) is 17.4. The number of rotatable bonds is 7. The number of likely N-dealkylation sites (tertiary alicyclic amines) is 1. The molecule has 0 spiro atoms. The highest BCUT2D eigenvalue weighted by Crippen LogP contribution is 2.26. The Bertz CT molecular complexity index is 1260. The highest BCUT2D eigenvalue weighted by atomic mass is 16.6. The van der Waals surface area contributed by atoms with Gasteiger partial charge in [0.05, 0.1) is 19.6 Å². The van der Waals surface area contributed by atoms with Gasteiger partial charge < -0.3 is 14.8 Å². The fourth-order valence-electron chi connectivity index (χ4n) is 4.35. The van der Waals surface area contributed by atoms with Gasteiger partial charge in [-0.05, 0) is 46.2 Å². The average Bonchev–Trinajstić information content (AvgIpc) is 3.25. The van der Waals surface area contributed by atoms with E-state index in [4.69, 9.17) is 9.47 Å². The molecule has 2 atom stereocenters. The largest absolute Gasteiger partial charge is 0.469 e. The zero-order valence-electron chi connectivity index (χ0n) is 21.9. The molecule has 2 heterocycles. The molecule has 2 aromatic rings. The van der Waals surface area contributed by atoms with E-state index < -0.39 is 34.9 Å². The number of methoxy groups -OCH3 is 1. The van der Waals surface area contributed by atoms with E-state index in [0.29, 0.717) is 24.1 Å². The van der Waals surface area contributed by atoms with Gasteiger partial charge in [0.25, 0.3) is 11.5 Å². The number of aromatic nitrogens is 2. The van der Waals surface area contributed by atoms with E-state index >= 15 is 0 Å². The molecule has 0 unspecified atom stereocenters. The van der Waals surface area contributed by atoms with Gasteiger partial charge >= 0.3 is 17.8 Å². The monoisotopic (exact) mass is 514 g/mol. The molecule has 1 saturated heterocycles. The van der Waals surface area contributed by atoms with Crippen LogP contribution < -0.4 is 16.6 Å². The molecule has 0 bridgehead atoms. The van der Waals surface area contributed by atoms with Gasteiger partial charge in [0.1, 0.15) is 5.60 Å². The summed E-state index contributed by atoms with van der Waals surface area (Å²) in [7, 11) is 1.31. The third-order valence-corrected chi connectivity index (χ3v) is 6.12. The first-order valence-corrected chi connectivity index (χ1v) is 12.1. The van der Waals surface area contributed by atoms with Crippen molar-refractivity contribution in [1.29, 1.82) is 0 Å². The first-order valence-electron chi connectivity index (χ1n) is 12.1. The van der Waals surface area contributed by atoms with Gasteiger partial charge in [-0.15, -0.1) is 0 Å². The number of nitrogens with one attached hydrogen (secondary N) is 1. The highest BCUT2D eigenvalue weighted by molar-refractivity contribution is 5.95. The molecule has 11 nitrogen and oxygen atoms in total. The number of hydrogen-bond donors (Lipinski definition) is 1. The number of aryl methyl sites for hydroxylation is 1. The molecule has 3 rings (SSSR count). The maximum absolute atomic E-state index is 13.4. The third kappa shape index (κ3) is 6.94. The summed E-state index contributed by atoms with van der Waals surface area (Å²) in [5.74, 6) is -1.07. The lowest BCUT2D eigenvalue weighted by Gasteiger charge is -2.25. The van der Waals surface area contributed by atoms with Gasteiger partial charge in [-0.2, -0.15) is 4.57 Å². The van der Waals surface area contributed by atoms with Crippen molar-refractivity contribution in [3.05, 3.63) is 68.5 Å². The van der Waals surface area contributed by atoms with E-state index in [9.17, 15) is 24.0 Å². The molecular formula is C26H34N4O7. The number of carbonyl (C=O) groups is 3. The fraction of sp³-hybridized carbons (Fsp3) is 0.500. The molecule has 0 radical (unpaired) electrons. The second kappa shape index (κ2) is 11.5. The minimum absolute atomic E-state index is 0.131. The molecule has 0 saturated carbocycles. The van der Waals surface area contributed by atoms with Gasteiger partial charge in [0.15, 0.2) is 0 Å². The van der Waals surface area contributed by atoms with E-state index in [2.05, 4.69) is 5.32 Å². The maximum Gasteiger partial charge on any atom is 0.407 e. The second-order valence-electron chi connectivity index (χ2n) is 10.1. The quantitative estimate of drug-likeness (QED) is 0.553. The predicted molar refractivity (Wildman–Crippen MR) is 136 cm³/mol. The summed E-state index contributed by atoms with van der Waals surface area (Å²) in [6, 6.07) is 7.52. The second-order valence-corrected chi connectivity index (χ2v) is 10.1. The first kappa shape index (κ1) is 27.9. The molecule has 11 heteroatoms. The summed E-state index contributed by atoms with van der Waals surface area (Å²) in [6.07, 6.45) is 1.46. The van der Waals surface area contributed by atoms with Gasteiger partial charge in [-0.25, -0.2) is 9.59 Å². The van der Waals surface area contributed by atoms with Crippen molar-refractivity contribution >= 4 is 18.0 Å². The molecule has 1 fully saturated rings. The predicted octanol–water partition coefficient (Wildman–Crippen LogP) is 1.71. The summed E-state index contributed by atoms with van der Waals surface area (Å²) in [6.45, 7) is 7.79. The van der Waals surface area contributed by atoms with Gasteiger partial charge in [0.2, 0.25) is 0 Å². The number of hydrogen-bond acceptors (Lipinski definition) is 8. The maximum atomic E-state index is 13.4. The molecule has 200 valence electrons. The van der Waals surface area contributed by atoms with Crippen LogP contribution in [0.25, 0.3) is 0 Å². The smallest absolute Gasteiger partial charge is 0.407 e. The van der Waals surface area contributed by atoms with Crippen LogP contribution in [0, 0.1) is 6.92 Å². The van der Waals surface area contributed by atoms with Crippen molar-refractivity contribution in [2.45, 2.75) is 58.2 Å². The van der Waals surface area contributed by atoms with Gasteiger partial charge in [-0.1, -0.05) is 18.2 Å². The van der Waals surface area contributed by atoms with E-state index in [1.807, 2.05) is 4.90 Å². The summed E-state index contributed by atoms with van der Waals surface area (Å²) < 4.78 is 12.1. The SMILES string of the molecule is COC(=O)CCN1C[C@H](n2cc(C)c(=O)n(C(=O)c3ccccc3)c2=O)C[C@@H]1CNC(=O)OC(C)(C)C. The van der Waals surface area contributed by atoms with Crippen LogP contribution in [0.1, 0.15) is 55.6 Å². The number of alkyl carbamates (subject to hydrolysis) is 1. The summed E-state index contributed by atoms with van der Waals surface area (Å²) >= 11 is 0. The Labute approximate surface area is 215 Å². The topological polar surface area (TPSA) is 129 Å². The number of carbonyl (C=O) groups excluding carboxylic acids is 3. The summed E-state index contributed by atoms with van der Waals surface area (Å²) in [5, 5.41) is 2.76. The van der Waals surface area contributed by atoms with Crippen LogP contribution in [0.15, 0.2) is 46.1 Å². The lowest BCUT2D eigenvalue weighted by atomic mass is 10.1. The third-order valence-electron chi connectivity index (χ3n) is 6.12. The Morgan fingerprint density at radius 2 is 1.78 bits per heavy atom. The van der Waals surface area contributed by atoms with E-state index in [1.165, 1.54) is 17.9 Å². The molecule has 1 aromatic carbocycles. The van der Waals surface area contributed by atoms with Crippen molar-refractivity contribution in [3.8, 4) is 0 Å². The van der Waals surface area contributed by atoms with E-state index in [0.717, 1.165) is 0 Å². The molecule has 1 aliphatic rings. The number of nitrogens with zero attached hydrogens (tertiary/aromatic N) is 3. The summed E-state index contributed by atoms with van der Waals surface area (Å²) in [5.41, 5.74) is -1.58. The van der Waals surface area contributed by atoms with Crippen LogP contribution in [0.4, 0.5) is 4.79 Å². The minimum Gasteiger partial charge on any atom is -0.469 e. The number of amides is 1. The molecule has 1 N–H and O–H groups in total.